The Balaban J connectivity index is 2.16. The molecule has 1 nitrogen and oxygen atoms in total. The lowest BCUT2D eigenvalue weighted by Gasteiger charge is -2.06. The molecule has 1 aromatic rings. The van der Waals surface area contributed by atoms with Gasteiger partial charge in [-0.3, -0.25) is 0 Å². The van der Waals surface area contributed by atoms with Gasteiger partial charge in [0.1, 0.15) is 0 Å². The van der Waals surface area contributed by atoms with Gasteiger partial charge in [0.05, 0.1) is 0 Å². The van der Waals surface area contributed by atoms with E-state index in [1.54, 1.807) is 0 Å². The van der Waals surface area contributed by atoms with Gasteiger partial charge in [-0.1, -0.05) is 24.3 Å². The first kappa shape index (κ1) is 7.41. The van der Waals surface area contributed by atoms with Gasteiger partial charge in [-0.05, 0) is 24.5 Å². The molecule has 1 heteroatoms. The Bertz CT molecular complexity index is 266. The molecule has 1 aliphatic heterocycles. The van der Waals surface area contributed by atoms with E-state index in [2.05, 4.69) is 36.2 Å². The van der Waals surface area contributed by atoms with Crippen molar-refractivity contribution in [3.63, 3.8) is 0 Å². The number of hydrogen-bond donors (Lipinski definition) is 1. The summed E-state index contributed by atoms with van der Waals surface area (Å²) in [6, 6.07) is 9.06. The number of para-hydroxylation sites is 1. The molecule has 0 amide bonds. The van der Waals surface area contributed by atoms with E-state index < -0.39 is 0 Å². The van der Waals surface area contributed by atoms with Crippen LogP contribution >= 0.6 is 0 Å². The van der Waals surface area contributed by atoms with Crippen molar-refractivity contribution in [2.75, 3.05) is 5.32 Å². The summed E-state index contributed by atoms with van der Waals surface area (Å²) in [4.78, 5) is 0. The zero-order valence-electron chi connectivity index (χ0n) is 7.09. The van der Waals surface area contributed by atoms with Gasteiger partial charge < -0.3 is 5.32 Å². The normalized spacial score (nSPS) is 19.8. The fourth-order valence-electron chi connectivity index (χ4n) is 1.72. The number of hydrogen-bond acceptors (Lipinski definition) is 1. The van der Waals surface area contributed by atoms with Gasteiger partial charge in [-0.15, -0.1) is 6.58 Å². The molecule has 0 aromatic heterocycles. The van der Waals surface area contributed by atoms with Crippen molar-refractivity contribution < 1.29 is 0 Å². The topological polar surface area (TPSA) is 12.0 Å². The summed E-state index contributed by atoms with van der Waals surface area (Å²) in [6.07, 6.45) is 4.17. The summed E-state index contributed by atoms with van der Waals surface area (Å²) in [5.41, 5.74) is 2.73. The Morgan fingerprint density at radius 1 is 1.50 bits per heavy atom. The van der Waals surface area contributed by atoms with E-state index in [4.69, 9.17) is 0 Å². The molecule has 0 saturated carbocycles. The lowest BCUT2D eigenvalue weighted by Crippen LogP contribution is -2.13. The summed E-state index contributed by atoms with van der Waals surface area (Å²) in [5.74, 6) is 0. The maximum Gasteiger partial charge on any atom is 0.0375 e. The molecule has 0 saturated heterocycles. The average molecular weight is 159 g/mol. The average Bonchev–Trinajstić information content (AvgIpc) is 2.47. The van der Waals surface area contributed by atoms with Crippen LogP contribution in [0.5, 0.6) is 0 Å². The van der Waals surface area contributed by atoms with Crippen LogP contribution in [-0.4, -0.2) is 6.04 Å². The highest BCUT2D eigenvalue weighted by atomic mass is 14.9. The maximum atomic E-state index is 3.75. The van der Waals surface area contributed by atoms with Gasteiger partial charge in [0.2, 0.25) is 0 Å². The van der Waals surface area contributed by atoms with Crippen LogP contribution in [-0.2, 0) is 6.42 Å². The van der Waals surface area contributed by atoms with E-state index in [1.807, 2.05) is 6.08 Å². The summed E-state index contributed by atoms with van der Waals surface area (Å²) >= 11 is 0. The minimum atomic E-state index is 0.569. The van der Waals surface area contributed by atoms with Crippen molar-refractivity contribution in [1.29, 1.82) is 0 Å². The van der Waals surface area contributed by atoms with Crippen LogP contribution < -0.4 is 5.32 Å². The van der Waals surface area contributed by atoms with Crippen molar-refractivity contribution in [2.45, 2.75) is 18.9 Å². The highest BCUT2D eigenvalue weighted by Crippen LogP contribution is 2.26. The molecular formula is C11H13N. The van der Waals surface area contributed by atoms with Crippen LogP contribution in [0.25, 0.3) is 0 Å². The van der Waals surface area contributed by atoms with E-state index in [9.17, 15) is 0 Å². The number of anilines is 1. The van der Waals surface area contributed by atoms with Crippen LogP contribution in [0.1, 0.15) is 12.0 Å². The van der Waals surface area contributed by atoms with E-state index in [1.165, 1.54) is 11.3 Å². The molecule has 1 N–H and O–H groups in total. The van der Waals surface area contributed by atoms with Crippen LogP contribution in [0.4, 0.5) is 5.69 Å². The van der Waals surface area contributed by atoms with Crippen molar-refractivity contribution in [3.8, 4) is 0 Å². The fraction of sp³-hybridized carbons (Fsp3) is 0.273. The second-order valence-corrected chi connectivity index (χ2v) is 3.23. The van der Waals surface area contributed by atoms with E-state index >= 15 is 0 Å². The molecule has 1 aliphatic rings. The number of nitrogens with one attached hydrogen (secondary N) is 1. The summed E-state index contributed by atoms with van der Waals surface area (Å²) in [5, 5.41) is 3.46. The third-order valence-corrected chi connectivity index (χ3v) is 2.29. The number of benzene rings is 1. The van der Waals surface area contributed by atoms with E-state index in [0.717, 1.165) is 12.8 Å². The van der Waals surface area contributed by atoms with Crippen LogP contribution in [0, 0.1) is 0 Å². The molecule has 0 spiro atoms. The Labute approximate surface area is 73.1 Å². The van der Waals surface area contributed by atoms with Crippen molar-refractivity contribution in [3.05, 3.63) is 42.5 Å². The SMILES string of the molecule is C=CC[C@@H]1Cc2ccccc2N1. The quantitative estimate of drug-likeness (QED) is 0.654. The van der Waals surface area contributed by atoms with Crippen molar-refractivity contribution in [2.24, 2.45) is 0 Å². The minimum Gasteiger partial charge on any atom is -0.381 e. The second kappa shape index (κ2) is 3.02. The fourth-order valence-corrected chi connectivity index (χ4v) is 1.72. The standard InChI is InChI=1S/C11H13N/c1-2-5-10-8-9-6-3-4-7-11(9)12-10/h2-4,6-7,10,12H,1,5,8H2/t10-/m1/s1. The lowest BCUT2D eigenvalue weighted by molar-refractivity contribution is 0.766. The van der Waals surface area contributed by atoms with E-state index in [-0.39, 0.29) is 0 Å². The zero-order chi connectivity index (χ0) is 8.39. The van der Waals surface area contributed by atoms with Crippen LogP contribution in [0.2, 0.25) is 0 Å². The van der Waals surface area contributed by atoms with Gasteiger partial charge in [-0.2, -0.15) is 0 Å². The van der Waals surface area contributed by atoms with Crippen LogP contribution in [0.3, 0.4) is 0 Å². The molecule has 0 aliphatic carbocycles. The predicted molar refractivity (Wildman–Crippen MR) is 52.4 cm³/mol. The highest BCUT2D eigenvalue weighted by molar-refractivity contribution is 5.56. The zero-order valence-corrected chi connectivity index (χ0v) is 7.09. The second-order valence-electron chi connectivity index (χ2n) is 3.23. The molecule has 0 unspecified atom stereocenters. The number of rotatable bonds is 2. The predicted octanol–water partition coefficient (Wildman–Crippen LogP) is 2.60. The van der Waals surface area contributed by atoms with Gasteiger partial charge in [0.25, 0.3) is 0 Å². The Kier molecular flexibility index (Phi) is 1.86. The molecular weight excluding hydrogens is 146 g/mol. The maximum absolute atomic E-state index is 3.75. The molecule has 0 radical (unpaired) electrons. The Hall–Kier alpha value is -1.24. The monoisotopic (exact) mass is 159 g/mol. The molecule has 0 bridgehead atoms. The third-order valence-electron chi connectivity index (χ3n) is 2.29. The number of fused-ring (bicyclic) bond motifs is 1. The van der Waals surface area contributed by atoms with Gasteiger partial charge in [0, 0.05) is 11.7 Å². The first-order valence-corrected chi connectivity index (χ1v) is 4.35. The Morgan fingerprint density at radius 3 is 3.08 bits per heavy atom. The van der Waals surface area contributed by atoms with Gasteiger partial charge >= 0.3 is 0 Å². The molecule has 12 heavy (non-hydrogen) atoms. The molecule has 0 fully saturated rings. The van der Waals surface area contributed by atoms with Crippen molar-refractivity contribution >= 4 is 5.69 Å². The van der Waals surface area contributed by atoms with Crippen LogP contribution in [0.15, 0.2) is 36.9 Å². The van der Waals surface area contributed by atoms with E-state index in [0.29, 0.717) is 6.04 Å². The summed E-state index contributed by atoms with van der Waals surface area (Å²) in [7, 11) is 0. The molecule has 1 aromatic carbocycles. The smallest absolute Gasteiger partial charge is 0.0375 e. The summed E-state index contributed by atoms with van der Waals surface area (Å²) in [6.45, 7) is 3.75. The molecule has 2 rings (SSSR count). The highest BCUT2D eigenvalue weighted by Gasteiger charge is 2.17. The Morgan fingerprint density at radius 2 is 2.33 bits per heavy atom. The first-order valence-electron chi connectivity index (χ1n) is 4.35. The third kappa shape index (κ3) is 1.22. The first-order chi connectivity index (χ1) is 5.90. The summed E-state index contributed by atoms with van der Waals surface area (Å²) < 4.78 is 0. The molecule has 1 heterocycles. The minimum absolute atomic E-state index is 0.569. The molecule has 1 atom stereocenters. The lowest BCUT2D eigenvalue weighted by atomic mass is 10.1. The largest absolute Gasteiger partial charge is 0.381 e. The van der Waals surface area contributed by atoms with Gasteiger partial charge in [-0.25, -0.2) is 0 Å². The van der Waals surface area contributed by atoms with Crippen molar-refractivity contribution in [1.82, 2.24) is 0 Å². The van der Waals surface area contributed by atoms with Gasteiger partial charge in [0.15, 0.2) is 0 Å². The molecule has 62 valence electrons.